The number of hydrogen-bond donors (Lipinski definition) is 0. The highest BCUT2D eigenvalue weighted by Crippen LogP contribution is 2.28. The fraction of sp³-hybridized carbons (Fsp3) is 0.154. The van der Waals surface area contributed by atoms with Gasteiger partial charge in [-0.3, -0.25) is 9.36 Å². The van der Waals surface area contributed by atoms with Crippen LogP contribution in [0.15, 0.2) is 32.7 Å². The minimum absolute atomic E-state index is 0.00268. The van der Waals surface area contributed by atoms with E-state index in [9.17, 15) is 35.6 Å². The molecule has 0 atom stereocenters. The molecule has 0 spiro atoms. The normalized spacial score (nSPS) is 12.0. The summed E-state index contributed by atoms with van der Waals surface area (Å²) in [6.07, 6.45) is -5.03. The summed E-state index contributed by atoms with van der Waals surface area (Å²) in [4.78, 5) is 23.2. The molecule has 0 radical (unpaired) electrons. The van der Waals surface area contributed by atoms with Crippen molar-refractivity contribution in [1.29, 1.82) is 5.26 Å². The van der Waals surface area contributed by atoms with Crippen molar-refractivity contribution in [2.45, 2.75) is 11.1 Å². The molecule has 0 aliphatic rings. The molecule has 0 saturated carbocycles. The fourth-order valence-electron chi connectivity index (χ4n) is 2.12. The van der Waals surface area contributed by atoms with Crippen LogP contribution in [0, 0.1) is 17.1 Å². The summed E-state index contributed by atoms with van der Waals surface area (Å²) >= 11 is 0. The summed E-state index contributed by atoms with van der Waals surface area (Å²) in [5, 5.41) is 8.85. The Morgan fingerprint density at radius 3 is 2.23 bits per heavy atom. The molecule has 1 aromatic carbocycles. The minimum atomic E-state index is -5.03. The Kier molecular flexibility index (Phi) is 4.73. The van der Waals surface area contributed by atoms with Crippen LogP contribution >= 0.6 is 10.7 Å². The molecule has 0 N–H and O–H groups in total. The zero-order valence-electron chi connectivity index (χ0n) is 12.5. The Bertz CT molecular complexity index is 1180. The Balaban J connectivity index is 2.96. The van der Waals surface area contributed by atoms with E-state index >= 15 is 0 Å². The van der Waals surface area contributed by atoms with Gasteiger partial charge in [-0.05, 0) is 12.1 Å². The van der Waals surface area contributed by atoms with E-state index in [2.05, 4.69) is 0 Å². The topological polar surface area (TPSA) is 102 Å². The smallest absolute Gasteiger partial charge is 0.292 e. The van der Waals surface area contributed by atoms with Gasteiger partial charge < -0.3 is 0 Å². The highest BCUT2D eigenvalue weighted by atomic mass is 35.7. The molecule has 7 nitrogen and oxygen atoms in total. The average Bonchev–Trinajstić information content (AvgIpc) is 2.49. The van der Waals surface area contributed by atoms with Crippen LogP contribution in [0.3, 0.4) is 0 Å². The number of benzene rings is 1. The van der Waals surface area contributed by atoms with E-state index in [0.717, 1.165) is 0 Å². The second kappa shape index (κ2) is 6.26. The lowest BCUT2D eigenvalue weighted by Gasteiger charge is -2.14. The van der Waals surface area contributed by atoms with Gasteiger partial charge in [0.2, 0.25) is 0 Å². The van der Waals surface area contributed by atoms with E-state index in [1.165, 1.54) is 6.07 Å². The Labute approximate surface area is 146 Å². The maximum absolute atomic E-state index is 14.2. The molecule has 0 amide bonds. The van der Waals surface area contributed by atoms with Crippen LogP contribution in [-0.2, 0) is 22.3 Å². The van der Waals surface area contributed by atoms with E-state index in [4.69, 9.17) is 15.9 Å². The molecule has 2 rings (SSSR count). The van der Waals surface area contributed by atoms with Crippen LogP contribution in [0.25, 0.3) is 5.69 Å². The van der Waals surface area contributed by atoms with Crippen LogP contribution in [0.5, 0.6) is 0 Å². The number of alkyl halides is 3. The fourth-order valence-corrected chi connectivity index (χ4v) is 3.13. The van der Waals surface area contributed by atoms with Gasteiger partial charge in [0.1, 0.15) is 22.5 Å². The largest absolute Gasteiger partial charge is 0.431 e. The maximum Gasteiger partial charge on any atom is 0.431 e. The monoisotopic (exact) mass is 411 g/mol. The van der Waals surface area contributed by atoms with Gasteiger partial charge in [-0.2, -0.15) is 18.4 Å². The second-order valence-corrected chi connectivity index (χ2v) is 7.43. The van der Waals surface area contributed by atoms with E-state index in [-0.39, 0.29) is 15.2 Å². The molecule has 26 heavy (non-hydrogen) atoms. The first-order valence-corrected chi connectivity index (χ1v) is 8.69. The van der Waals surface area contributed by atoms with Gasteiger partial charge in [0.25, 0.3) is 14.6 Å². The highest BCUT2D eigenvalue weighted by Gasteiger charge is 2.35. The molecule has 0 fully saturated rings. The summed E-state index contributed by atoms with van der Waals surface area (Å²) in [7, 11) is 1.24. The number of nitriles is 1. The molecule has 2 aromatic rings. The molecule has 1 heterocycles. The van der Waals surface area contributed by atoms with Gasteiger partial charge in [0.05, 0.1) is 11.3 Å². The standard InChI is InChI=1S/C13H6ClF4N3O4S/c1-20-10(13(16,17)18)4-11(22)21(12(20)23)8-3-9(26(14,24)25)6(5-19)2-7(8)15/h2-4H,1H3. The first-order valence-electron chi connectivity index (χ1n) is 6.38. The van der Waals surface area contributed by atoms with Crippen molar-refractivity contribution in [3.05, 3.63) is 56.1 Å². The van der Waals surface area contributed by atoms with Crippen LogP contribution in [0.1, 0.15) is 11.3 Å². The first-order chi connectivity index (χ1) is 11.8. The van der Waals surface area contributed by atoms with E-state index < -0.39 is 54.1 Å². The van der Waals surface area contributed by atoms with Crippen molar-refractivity contribution in [2.75, 3.05) is 0 Å². The molecule has 0 saturated heterocycles. The van der Waals surface area contributed by atoms with Gasteiger partial charge in [0.15, 0.2) is 0 Å². The maximum atomic E-state index is 14.2. The quantitative estimate of drug-likeness (QED) is 0.550. The molecular formula is C13H6ClF4N3O4S. The summed E-state index contributed by atoms with van der Waals surface area (Å²) in [6, 6.07) is 2.24. The minimum Gasteiger partial charge on any atom is -0.292 e. The lowest BCUT2D eigenvalue weighted by atomic mass is 10.2. The van der Waals surface area contributed by atoms with Crippen molar-refractivity contribution in [1.82, 2.24) is 9.13 Å². The van der Waals surface area contributed by atoms with Crippen molar-refractivity contribution in [3.8, 4) is 11.8 Å². The highest BCUT2D eigenvalue weighted by molar-refractivity contribution is 8.13. The summed E-state index contributed by atoms with van der Waals surface area (Å²) in [5.74, 6) is -1.38. The average molecular weight is 412 g/mol. The third kappa shape index (κ3) is 3.35. The van der Waals surface area contributed by atoms with Crippen molar-refractivity contribution in [2.24, 2.45) is 7.05 Å². The zero-order valence-corrected chi connectivity index (χ0v) is 14.1. The van der Waals surface area contributed by atoms with Crippen LogP contribution < -0.4 is 11.2 Å². The SMILES string of the molecule is Cn1c(C(F)(F)F)cc(=O)n(-c2cc(S(=O)(=O)Cl)c(C#N)cc2F)c1=O. The van der Waals surface area contributed by atoms with Gasteiger partial charge in [-0.1, -0.05) is 0 Å². The van der Waals surface area contributed by atoms with Crippen LogP contribution in [-0.4, -0.2) is 17.6 Å². The lowest BCUT2D eigenvalue weighted by molar-refractivity contribution is -0.144. The van der Waals surface area contributed by atoms with Gasteiger partial charge in [-0.15, -0.1) is 0 Å². The second-order valence-electron chi connectivity index (χ2n) is 4.89. The number of rotatable bonds is 2. The number of hydrogen-bond acceptors (Lipinski definition) is 5. The number of nitrogens with zero attached hydrogens (tertiary/aromatic N) is 3. The summed E-state index contributed by atoms with van der Waals surface area (Å²) in [5.41, 5.74) is -6.39. The third-order valence-electron chi connectivity index (χ3n) is 3.28. The number of halogens is 5. The van der Waals surface area contributed by atoms with Gasteiger partial charge >= 0.3 is 11.9 Å². The van der Waals surface area contributed by atoms with Crippen LogP contribution in [0.4, 0.5) is 17.6 Å². The summed E-state index contributed by atoms with van der Waals surface area (Å²) < 4.78 is 75.7. The van der Waals surface area contributed by atoms with Gasteiger partial charge in [-0.25, -0.2) is 22.2 Å². The molecule has 0 aliphatic heterocycles. The van der Waals surface area contributed by atoms with Crippen molar-refractivity contribution in [3.63, 3.8) is 0 Å². The first kappa shape index (κ1) is 19.7. The van der Waals surface area contributed by atoms with Gasteiger partial charge in [0, 0.05) is 23.8 Å². The molecular weight excluding hydrogens is 406 g/mol. The molecule has 0 bridgehead atoms. The predicted octanol–water partition coefficient (Wildman–Crippen LogP) is 1.49. The Morgan fingerprint density at radius 1 is 1.19 bits per heavy atom. The Hall–Kier alpha value is -2.65. The summed E-state index contributed by atoms with van der Waals surface area (Å²) in [6.45, 7) is 0. The van der Waals surface area contributed by atoms with E-state index in [0.29, 0.717) is 19.2 Å². The molecule has 1 aromatic heterocycles. The molecule has 13 heteroatoms. The van der Waals surface area contributed by atoms with Crippen LogP contribution in [0.2, 0.25) is 0 Å². The van der Waals surface area contributed by atoms with Crippen molar-refractivity contribution < 1.29 is 26.0 Å². The zero-order chi connectivity index (χ0) is 20.0. The third-order valence-corrected chi connectivity index (χ3v) is 4.65. The van der Waals surface area contributed by atoms with E-state index in [1.807, 2.05) is 0 Å². The molecule has 138 valence electrons. The number of aromatic nitrogens is 2. The van der Waals surface area contributed by atoms with E-state index in [1.54, 1.807) is 0 Å². The predicted molar refractivity (Wildman–Crippen MR) is 80.0 cm³/mol. The Morgan fingerprint density at radius 2 is 1.77 bits per heavy atom. The molecule has 0 aliphatic carbocycles. The lowest BCUT2D eigenvalue weighted by Crippen LogP contribution is -2.41. The van der Waals surface area contributed by atoms with Crippen molar-refractivity contribution >= 4 is 19.7 Å². The molecule has 0 unspecified atom stereocenters.